The van der Waals surface area contributed by atoms with Crippen LogP contribution in [0, 0.1) is 13.8 Å². The number of nitrogens with one attached hydrogen (secondary N) is 2. The fourth-order valence-electron chi connectivity index (χ4n) is 4.51. The van der Waals surface area contributed by atoms with Crippen LogP contribution in [0.25, 0.3) is 10.9 Å². The van der Waals surface area contributed by atoms with Gasteiger partial charge in [-0.2, -0.15) is 4.98 Å². The minimum absolute atomic E-state index is 0.528. The van der Waals surface area contributed by atoms with Gasteiger partial charge in [0.25, 0.3) is 0 Å². The van der Waals surface area contributed by atoms with E-state index in [1.54, 1.807) is 0 Å². The average molecular weight is 434 g/mol. The van der Waals surface area contributed by atoms with Gasteiger partial charge in [-0.25, -0.2) is 15.0 Å². The maximum Gasteiger partial charge on any atom is 0.231 e. The van der Waals surface area contributed by atoms with E-state index in [2.05, 4.69) is 51.5 Å². The van der Waals surface area contributed by atoms with E-state index >= 15 is 0 Å². The molecule has 32 heavy (non-hydrogen) atoms. The van der Waals surface area contributed by atoms with Crippen molar-refractivity contribution < 1.29 is 0 Å². The lowest BCUT2D eigenvalue weighted by Gasteiger charge is -2.18. The van der Waals surface area contributed by atoms with Gasteiger partial charge in [0, 0.05) is 23.7 Å². The molecule has 3 aromatic rings. The number of benzene rings is 1. The van der Waals surface area contributed by atoms with Crippen molar-refractivity contribution in [3.8, 4) is 0 Å². The predicted molar refractivity (Wildman–Crippen MR) is 132 cm³/mol. The van der Waals surface area contributed by atoms with Crippen LogP contribution in [-0.2, 0) is 12.8 Å². The van der Waals surface area contributed by atoms with Crippen molar-refractivity contribution >= 4 is 28.6 Å². The molecule has 7 heteroatoms. The molecule has 2 heterocycles. The number of fused-ring (bicyclic) bond motifs is 3. The van der Waals surface area contributed by atoms with Gasteiger partial charge in [0.15, 0.2) is 0 Å². The Kier molecular flexibility index (Phi) is 7.15. The van der Waals surface area contributed by atoms with Crippen molar-refractivity contribution in [2.24, 2.45) is 0 Å². The third kappa shape index (κ3) is 5.15. The molecule has 0 spiro atoms. The number of aryl methyl sites for hydroxylation is 4. The Morgan fingerprint density at radius 2 is 1.72 bits per heavy atom. The third-order valence-corrected chi connectivity index (χ3v) is 6.31. The van der Waals surface area contributed by atoms with Gasteiger partial charge in [0.05, 0.1) is 11.2 Å². The van der Waals surface area contributed by atoms with Crippen LogP contribution in [0.1, 0.15) is 55.6 Å². The molecule has 0 radical (unpaired) electrons. The normalized spacial score (nSPS) is 13.4. The maximum absolute atomic E-state index is 4.89. The minimum Gasteiger partial charge on any atom is -0.370 e. The number of nitrogens with zero attached hydrogens (tertiary/aromatic N) is 5. The molecular weight excluding hydrogens is 398 g/mol. The molecule has 0 bridgehead atoms. The van der Waals surface area contributed by atoms with E-state index in [1.807, 2.05) is 19.9 Å². The molecule has 2 aromatic heterocycles. The Labute approximate surface area is 191 Å². The molecule has 1 aromatic carbocycles. The maximum atomic E-state index is 4.89. The first-order chi connectivity index (χ1) is 15.6. The monoisotopic (exact) mass is 433 g/mol. The highest BCUT2D eigenvalue weighted by molar-refractivity contribution is 5.86. The largest absolute Gasteiger partial charge is 0.370 e. The quantitative estimate of drug-likeness (QED) is 0.469. The second-order valence-electron chi connectivity index (χ2n) is 8.59. The van der Waals surface area contributed by atoms with Crippen molar-refractivity contribution in [2.75, 3.05) is 36.8 Å². The summed E-state index contributed by atoms with van der Waals surface area (Å²) in [5.41, 5.74) is 5.76. The van der Waals surface area contributed by atoms with Gasteiger partial charge in [-0.3, -0.25) is 5.32 Å². The summed E-state index contributed by atoms with van der Waals surface area (Å²) in [6.45, 7) is 12.6. The van der Waals surface area contributed by atoms with Crippen molar-refractivity contribution in [3.63, 3.8) is 0 Å². The Balaban J connectivity index is 1.51. The molecule has 0 saturated carbocycles. The van der Waals surface area contributed by atoms with Gasteiger partial charge in [-0.1, -0.05) is 26.0 Å². The van der Waals surface area contributed by atoms with E-state index in [0.29, 0.717) is 11.9 Å². The summed E-state index contributed by atoms with van der Waals surface area (Å²) < 4.78 is 0. The zero-order chi connectivity index (χ0) is 22.5. The average Bonchev–Trinajstić information content (AvgIpc) is 2.79. The standard InChI is InChI=1S/C25H35N7/c1-5-32(6-2)15-9-14-26-22-16-17(3)27-24(29-22)31-25-28-18(4)20-13-12-19-10-7-8-11-21(19)23(20)30-25/h12-13,16H,5-11,14-15H2,1-4H3,(H2,26,27,28,29,30,31). The second kappa shape index (κ2) is 10.2. The number of rotatable bonds is 9. The first-order valence-electron chi connectivity index (χ1n) is 12.0. The molecule has 2 N–H and O–H groups in total. The zero-order valence-electron chi connectivity index (χ0n) is 19.8. The van der Waals surface area contributed by atoms with Crippen LogP contribution < -0.4 is 10.6 Å². The number of hydrogen-bond donors (Lipinski definition) is 2. The van der Waals surface area contributed by atoms with E-state index in [-0.39, 0.29) is 0 Å². The zero-order valence-corrected chi connectivity index (χ0v) is 19.8. The van der Waals surface area contributed by atoms with Crippen LogP contribution >= 0.6 is 0 Å². The SMILES string of the molecule is CCN(CC)CCCNc1cc(C)nc(Nc2nc(C)c3ccc4c(c3n2)CCCC4)n1. The number of anilines is 3. The van der Waals surface area contributed by atoms with Gasteiger partial charge in [-0.15, -0.1) is 0 Å². The van der Waals surface area contributed by atoms with Gasteiger partial charge in [0.1, 0.15) is 5.82 Å². The van der Waals surface area contributed by atoms with E-state index in [4.69, 9.17) is 9.97 Å². The number of hydrogen-bond acceptors (Lipinski definition) is 7. The van der Waals surface area contributed by atoms with Crippen molar-refractivity contribution in [1.82, 2.24) is 24.8 Å². The molecule has 0 aliphatic heterocycles. The molecule has 0 amide bonds. The highest BCUT2D eigenvalue weighted by atomic mass is 15.2. The lowest BCUT2D eigenvalue weighted by atomic mass is 9.89. The van der Waals surface area contributed by atoms with E-state index in [1.165, 1.54) is 24.0 Å². The topological polar surface area (TPSA) is 78.9 Å². The summed E-state index contributed by atoms with van der Waals surface area (Å²) in [7, 11) is 0. The lowest BCUT2D eigenvalue weighted by Crippen LogP contribution is -2.25. The van der Waals surface area contributed by atoms with Gasteiger partial charge in [0.2, 0.25) is 11.9 Å². The van der Waals surface area contributed by atoms with Gasteiger partial charge < -0.3 is 10.2 Å². The summed E-state index contributed by atoms with van der Waals surface area (Å²) in [5.74, 6) is 1.92. The lowest BCUT2D eigenvalue weighted by molar-refractivity contribution is 0.303. The molecular formula is C25H35N7. The van der Waals surface area contributed by atoms with Crippen LogP contribution in [0.5, 0.6) is 0 Å². The first-order valence-corrected chi connectivity index (χ1v) is 12.0. The molecule has 4 rings (SSSR count). The van der Waals surface area contributed by atoms with Crippen molar-refractivity contribution in [2.45, 2.75) is 59.8 Å². The Morgan fingerprint density at radius 3 is 2.53 bits per heavy atom. The van der Waals surface area contributed by atoms with Gasteiger partial charge >= 0.3 is 0 Å². The van der Waals surface area contributed by atoms with Gasteiger partial charge in [-0.05, 0) is 76.7 Å². The van der Waals surface area contributed by atoms with E-state index in [9.17, 15) is 0 Å². The highest BCUT2D eigenvalue weighted by Gasteiger charge is 2.16. The molecule has 1 aliphatic rings. The van der Waals surface area contributed by atoms with E-state index in [0.717, 1.165) is 73.6 Å². The molecule has 0 fully saturated rings. The second-order valence-corrected chi connectivity index (χ2v) is 8.59. The Morgan fingerprint density at radius 1 is 0.938 bits per heavy atom. The summed E-state index contributed by atoms with van der Waals surface area (Å²) >= 11 is 0. The predicted octanol–water partition coefficient (Wildman–Crippen LogP) is 4.80. The van der Waals surface area contributed by atoms with Crippen LogP contribution in [0.2, 0.25) is 0 Å². The molecule has 1 aliphatic carbocycles. The van der Waals surface area contributed by atoms with Crippen LogP contribution in [0.4, 0.5) is 17.7 Å². The fourth-order valence-corrected chi connectivity index (χ4v) is 4.51. The highest BCUT2D eigenvalue weighted by Crippen LogP contribution is 2.30. The fraction of sp³-hybridized carbons (Fsp3) is 0.520. The van der Waals surface area contributed by atoms with Crippen molar-refractivity contribution in [3.05, 3.63) is 40.7 Å². The summed E-state index contributed by atoms with van der Waals surface area (Å²) in [4.78, 5) is 21.2. The molecule has 0 unspecified atom stereocenters. The summed E-state index contributed by atoms with van der Waals surface area (Å²) in [5, 5.41) is 7.83. The Bertz CT molecular complexity index is 1080. The molecule has 0 saturated heterocycles. The molecule has 170 valence electrons. The minimum atomic E-state index is 0.528. The van der Waals surface area contributed by atoms with Crippen LogP contribution in [-0.4, -0.2) is 51.0 Å². The Hall–Kier alpha value is -2.80. The molecule has 7 nitrogen and oxygen atoms in total. The van der Waals surface area contributed by atoms with Crippen LogP contribution in [0.15, 0.2) is 18.2 Å². The van der Waals surface area contributed by atoms with E-state index < -0.39 is 0 Å². The molecule has 0 atom stereocenters. The van der Waals surface area contributed by atoms with Crippen molar-refractivity contribution in [1.29, 1.82) is 0 Å². The summed E-state index contributed by atoms with van der Waals surface area (Å²) in [6.07, 6.45) is 5.79. The smallest absolute Gasteiger partial charge is 0.231 e. The summed E-state index contributed by atoms with van der Waals surface area (Å²) in [6, 6.07) is 6.40. The third-order valence-electron chi connectivity index (χ3n) is 6.31. The first kappa shape index (κ1) is 22.4. The number of aromatic nitrogens is 4. The van der Waals surface area contributed by atoms with Crippen LogP contribution in [0.3, 0.4) is 0 Å².